The highest BCUT2D eigenvalue weighted by Crippen LogP contribution is 2.22. The number of nitrogens with one attached hydrogen (secondary N) is 1. The molecule has 132 valence electrons. The van der Waals surface area contributed by atoms with Gasteiger partial charge in [-0.1, -0.05) is 30.5 Å². The second kappa shape index (κ2) is 7.41. The molecule has 3 rings (SSSR count). The Morgan fingerprint density at radius 1 is 1.24 bits per heavy atom. The summed E-state index contributed by atoms with van der Waals surface area (Å²) < 4.78 is 0. The van der Waals surface area contributed by atoms with Crippen molar-refractivity contribution in [2.24, 2.45) is 16.6 Å². The second-order valence-corrected chi connectivity index (χ2v) is 6.98. The van der Waals surface area contributed by atoms with Gasteiger partial charge in [-0.3, -0.25) is 19.5 Å². The average molecular weight is 358 g/mol. The normalized spacial score (nSPS) is 27.7. The summed E-state index contributed by atoms with van der Waals surface area (Å²) in [6.07, 6.45) is 5.43. The third-order valence-corrected chi connectivity index (χ3v) is 4.99. The lowest BCUT2D eigenvalue weighted by Crippen LogP contribution is -2.58. The quantitative estimate of drug-likeness (QED) is 0.489. The number of nitrogens with zero attached hydrogens (tertiary/aromatic N) is 2. The van der Waals surface area contributed by atoms with Crippen LogP contribution < -0.4 is 16.0 Å². The first kappa shape index (κ1) is 17.7. The number of nitrogens with two attached hydrogens (primary N) is 1. The van der Waals surface area contributed by atoms with E-state index in [4.69, 9.17) is 18.0 Å². The van der Waals surface area contributed by atoms with Crippen molar-refractivity contribution >= 4 is 41.0 Å². The van der Waals surface area contributed by atoms with Crippen molar-refractivity contribution in [2.45, 2.75) is 44.7 Å². The van der Waals surface area contributed by atoms with E-state index in [1.165, 1.54) is 11.1 Å². The molecule has 1 aromatic carbocycles. The van der Waals surface area contributed by atoms with E-state index in [2.05, 4.69) is 10.3 Å². The molecule has 0 spiro atoms. The predicted octanol–water partition coefficient (Wildman–Crippen LogP) is 1.70. The van der Waals surface area contributed by atoms with Crippen LogP contribution in [-0.4, -0.2) is 35.2 Å². The Labute approximate surface area is 152 Å². The fourth-order valence-corrected chi connectivity index (χ4v) is 3.48. The molecule has 1 aliphatic carbocycles. The molecular weight excluding hydrogens is 336 g/mol. The first-order valence-corrected chi connectivity index (χ1v) is 8.92. The molecular formula is C18H22N4O2S. The van der Waals surface area contributed by atoms with Crippen LogP contribution in [0.3, 0.4) is 0 Å². The molecule has 0 radical (unpaired) electrons. The van der Waals surface area contributed by atoms with Crippen molar-refractivity contribution in [1.29, 1.82) is 0 Å². The molecule has 1 heterocycles. The lowest BCUT2D eigenvalue weighted by molar-refractivity contribution is -0.130. The molecule has 2 amide bonds. The van der Waals surface area contributed by atoms with Gasteiger partial charge >= 0.3 is 0 Å². The molecule has 3 N–H and O–H groups in total. The summed E-state index contributed by atoms with van der Waals surface area (Å²) in [4.78, 5) is 30.9. The predicted molar refractivity (Wildman–Crippen MR) is 102 cm³/mol. The van der Waals surface area contributed by atoms with Gasteiger partial charge in [0, 0.05) is 12.3 Å². The molecule has 1 saturated carbocycles. The van der Waals surface area contributed by atoms with E-state index in [0.29, 0.717) is 5.69 Å². The fraction of sp³-hybridized carbons (Fsp3) is 0.444. The summed E-state index contributed by atoms with van der Waals surface area (Å²) >= 11 is 5.19. The number of anilines is 1. The van der Waals surface area contributed by atoms with Gasteiger partial charge < -0.3 is 11.1 Å². The van der Waals surface area contributed by atoms with Crippen LogP contribution >= 0.6 is 12.2 Å². The number of aliphatic imine (C=N–C) groups is 1. The maximum atomic E-state index is 12.8. The van der Waals surface area contributed by atoms with E-state index < -0.39 is 11.8 Å². The topological polar surface area (TPSA) is 87.8 Å². The number of carbonyl (C=O) groups excluding carboxylic acids is 2. The number of amides is 2. The van der Waals surface area contributed by atoms with Crippen LogP contribution in [0.15, 0.2) is 29.3 Å². The number of aryl methyl sites for hydroxylation is 1. The van der Waals surface area contributed by atoms with Crippen LogP contribution in [0.5, 0.6) is 0 Å². The average Bonchev–Trinajstić information content (AvgIpc) is 2.57. The van der Waals surface area contributed by atoms with Crippen molar-refractivity contribution in [3.63, 3.8) is 0 Å². The fourth-order valence-electron chi connectivity index (χ4n) is 3.18. The summed E-state index contributed by atoms with van der Waals surface area (Å²) in [6, 6.07) is 7.36. The molecule has 1 aliphatic heterocycles. The smallest absolute Gasteiger partial charge is 0.251 e. The molecule has 1 saturated heterocycles. The molecule has 25 heavy (non-hydrogen) atoms. The third kappa shape index (κ3) is 3.77. The van der Waals surface area contributed by atoms with Crippen LogP contribution in [0.2, 0.25) is 0 Å². The third-order valence-electron chi connectivity index (χ3n) is 4.70. The maximum absolute atomic E-state index is 12.8. The summed E-state index contributed by atoms with van der Waals surface area (Å²) in [5.74, 6) is -1.81. The molecule has 2 aliphatic rings. The monoisotopic (exact) mass is 358 g/mol. The molecule has 7 heteroatoms. The lowest BCUT2D eigenvalue weighted by Gasteiger charge is -2.31. The number of hydrogen-bond acceptors (Lipinski definition) is 5. The number of rotatable bonds is 3. The van der Waals surface area contributed by atoms with E-state index in [0.717, 1.165) is 31.2 Å². The van der Waals surface area contributed by atoms with Crippen molar-refractivity contribution in [1.82, 2.24) is 5.32 Å². The van der Waals surface area contributed by atoms with Crippen LogP contribution in [0, 0.1) is 12.8 Å². The zero-order chi connectivity index (χ0) is 18.0. The Kier molecular flexibility index (Phi) is 5.24. The van der Waals surface area contributed by atoms with E-state index >= 15 is 0 Å². The summed E-state index contributed by atoms with van der Waals surface area (Å²) in [5.41, 5.74) is 7.80. The van der Waals surface area contributed by atoms with Gasteiger partial charge in [-0.15, -0.1) is 0 Å². The van der Waals surface area contributed by atoms with Gasteiger partial charge in [-0.05, 0) is 44.1 Å². The molecule has 3 atom stereocenters. The first-order chi connectivity index (χ1) is 12.0. The Hall–Kier alpha value is -2.12. The van der Waals surface area contributed by atoms with Gasteiger partial charge in [0.05, 0.1) is 11.7 Å². The molecule has 0 unspecified atom stereocenters. The highest BCUT2D eigenvalue weighted by molar-refractivity contribution is 7.80. The molecule has 1 aromatic rings. The number of thiocarbonyl (C=S) groups is 1. The van der Waals surface area contributed by atoms with E-state index in [1.54, 1.807) is 0 Å². The molecule has 0 aromatic heterocycles. The largest absolute Gasteiger partial charge is 0.326 e. The maximum Gasteiger partial charge on any atom is 0.251 e. The minimum Gasteiger partial charge on any atom is -0.326 e. The highest BCUT2D eigenvalue weighted by Gasteiger charge is 2.38. The van der Waals surface area contributed by atoms with Gasteiger partial charge in [0.2, 0.25) is 5.91 Å². The van der Waals surface area contributed by atoms with Crippen molar-refractivity contribution in [3.05, 3.63) is 29.8 Å². The van der Waals surface area contributed by atoms with Crippen molar-refractivity contribution in [2.75, 3.05) is 4.90 Å². The van der Waals surface area contributed by atoms with Crippen LogP contribution in [0.4, 0.5) is 5.69 Å². The molecule has 6 nitrogen and oxygen atoms in total. The molecule has 2 fully saturated rings. The van der Waals surface area contributed by atoms with Crippen LogP contribution in [-0.2, 0) is 9.59 Å². The van der Waals surface area contributed by atoms with E-state index in [1.807, 2.05) is 31.2 Å². The van der Waals surface area contributed by atoms with E-state index in [9.17, 15) is 9.59 Å². The minimum atomic E-state index is -0.984. The minimum absolute atomic E-state index is 0.0129. The first-order valence-electron chi connectivity index (χ1n) is 8.51. The van der Waals surface area contributed by atoms with Crippen molar-refractivity contribution in [3.8, 4) is 0 Å². The van der Waals surface area contributed by atoms with Gasteiger partial charge in [0.25, 0.3) is 5.91 Å². The number of hydrogen-bond donors (Lipinski definition) is 2. The Balaban J connectivity index is 1.81. The zero-order valence-corrected chi connectivity index (χ0v) is 15.0. The van der Waals surface area contributed by atoms with Gasteiger partial charge in [0.1, 0.15) is 0 Å². The second-order valence-electron chi connectivity index (χ2n) is 6.60. The Bertz CT molecular complexity index is 716. The SMILES string of the molecule is Cc1ccc(N2C(=O)[C@@H](C=N[C@@H]3CCCC[C@@H]3N)C(=O)NC2=S)cc1. The number of carbonyl (C=O) groups is 2. The Morgan fingerprint density at radius 3 is 2.60 bits per heavy atom. The van der Waals surface area contributed by atoms with Gasteiger partial charge in [-0.2, -0.15) is 0 Å². The van der Waals surface area contributed by atoms with Crippen LogP contribution in [0.1, 0.15) is 31.2 Å². The van der Waals surface area contributed by atoms with Gasteiger partial charge in [-0.25, -0.2) is 0 Å². The van der Waals surface area contributed by atoms with Crippen molar-refractivity contribution < 1.29 is 9.59 Å². The lowest BCUT2D eigenvalue weighted by atomic mass is 9.91. The van der Waals surface area contributed by atoms with Crippen LogP contribution in [0.25, 0.3) is 0 Å². The summed E-state index contributed by atoms with van der Waals surface area (Å²) in [7, 11) is 0. The number of benzene rings is 1. The molecule has 0 bridgehead atoms. The van der Waals surface area contributed by atoms with Gasteiger partial charge in [0.15, 0.2) is 11.0 Å². The zero-order valence-electron chi connectivity index (χ0n) is 14.1. The summed E-state index contributed by atoms with van der Waals surface area (Å²) in [6.45, 7) is 1.96. The standard InChI is InChI=1S/C18H22N4O2S/c1-11-6-8-12(9-7-11)22-17(24)13(16(23)21-18(22)25)10-20-15-5-3-2-4-14(15)19/h6-10,13-15H,2-5,19H2,1H3,(H,21,23,25)/t13-,14-,15+/m0/s1. The Morgan fingerprint density at radius 2 is 1.92 bits per heavy atom. The van der Waals surface area contributed by atoms with E-state index in [-0.39, 0.29) is 23.1 Å². The highest BCUT2D eigenvalue weighted by atomic mass is 32.1. The summed E-state index contributed by atoms with van der Waals surface area (Å²) in [5, 5.41) is 2.69.